The highest BCUT2D eigenvalue weighted by Gasteiger charge is 2.33. The monoisotopic (exact) mass is 408 g/mol. The molecule has 10 heteroatoms. The van der Waals surface area contributed by atoms with Crippen LogP contribution in [0.1, 0.15) is 19.8 Å². The van der Waals surface area contributed by atoms with Crippen LogP contribution in [0, 0.1) is 0 Å². The zero-order chi connectivity index (χ0) is 19.2. The molecule has 1 aromatic heterocycles. The molecule has 0 spiro atoms. The van der Waals surface area contributed by atoms with Crippen molar-refractivity contribution in [2.45, 2.75) is 32.0 Å². The predicted octanol–water partition coefficient (Wildman–Crippen LogP) is 3.75. The van der Waals surface area contributed by atoms with E-state index in [1.165, 1.54) is 0 Å². The van der Waals surface area contributed by atoms with E-state index in [-0.39, 0.29) is 24.1 Å². The van der Waals surface area contributed by atoms with Crippen LogP contribution < -0.4 is 5.01 Å². The van der Waals surface area contributed by atoms with Crippen LogP contribution in [0.3, 0.4) is 0 Å². The molecular weight excluding hydrogens is 389 g/mol. The van der Waals surface area contributed by atoms with Crippen molar-refractivity contribution in [3.05, 3.63) is 24.5 Å². The number of carbonyl (C=O) groups excluding carboxylic acids is 1. The molecule has 1 amide bonds. The van der Waals surface area contributed by atoms with Crippen LogP contribution in [0.15, 0.2) is 29.6 Å². The SMILES string of the molecule is CCN(C(=O)CCSCCC(F)(F)F)C1CN(c2cccnc2)N=C1Cl. The number of pyridine rings is 1. The van der Waals surface area contributed by atoms with Gasteiger partial charge in [0.05, 0.1) is 24.8 Å². The first kappa shape index (κ1) is 20.8. The Morgan fingerprint density at radius 1 is 1.46 bits per heavy atom. The fourth-order valence-corrected chi connectivity index (χ4v) is 3.70. The zero-order valence-electron chi connectivity index (χ0n) is 14.2. The Kier molecular flexibility index (Phi) is 7.57. The Morgan fingerprint density at radius 3 is 2.85 bits per heavy atom. The van der Waals surface area contributed by atoms with E-state index >= 15 is 0 Å². The van der Waals surface area contributed by atoms with E-state index in [1.807, 2.05) is 13.0 Å². The van der Waals surface area contributed by atoms with Crippen LogP contribution in [0.4, 0.5) is 18.9 Å². The number of alkyl halides is 3. The number of likely N-dealkylation sites (N-methyl/N-ethyl adjacent to an activating group) is 1. The first-order valence-corrected chi connectivity index (χ1v) is 9.70. The third-order valence-electron chi connectivity index (χ3n) is 3.81. The van der Waals surface area contributed by atoms with Gasteiger partial charge in [-0.05, 0) is 19.1 Å². The topological polar surface area (TPSA) is 48.8 Å². The van der Waals surface area contributed by atoms with Crippen molar-refractivity contribution in [2.24, 2.45) is 5.10 Å². The summed E-state index contributed by atoms with van der Waals surface area (Å²) in [5.41, 5.74) is 0.777. The van der Waals surface area contributed by atoms with Gasteiger partial charge < -0.3 is 4.90 Å². The average molecular weight is 409 g/mol. The average Bonchev–Trinajstić information content (AvgIpc) is 2.97. The molecule has 0 aliphatic carbocycles. The van der Waals surface area contributed by atoms with E-state index in [4.69, 9.17) is 11.6 Å². The van der Waals surface area contributed by atoms with Crippen molar-refractivity contribution in [3.8, 4) is 0 Å². The summed E-state index contributed by atoms with van der Waals surface area (Å²) in [7, 11) is 0. The Balaban J connectivity index is 1.86. The maximum absolute atomic E-state index is 12.5. The van der Waals surface area contributed by atoms with E-state index < -0.39 is 12.6 Å². The molecule has 1 aromatic rings. The van der Waals surface area contributed by atoms with Gasteiger partial charge in [0.1, 0.15) is 6.04 Å². The maximum Gasteiger partial charge on any atom is 0.389 e. The second-order valence-electron chi connectivity index (χ2n) is 5.64. The summed E-state index contributed by atoms with van der Waals surface area (Å²) in [5, 5.41) is 6.28. The molecule has 0 aromatic carbocycles. The van der Waals surface area contributed by atoms with Crippen LogP contribution >= 0.6 is 23.4 Å². The van der Waals surface area contributed by atoms with Crippen molar-refractivity contribution in [1.29, 1.82) is 0 Å². The van der Waals surface area contributed by atoms with Crippen LogP contribution in [-0.2, 0) is 4.79 Å². The Bertz CT molecular complexity index is 630. The standard InChI is InChI=1S/C16H20ClF3N4OS/c1-2-23(14(25)5-8-26-9-6-16(18,19)20)13-11-24(22-15(13)17)12-4-3-7-21-10-12/h3-4,7,10,13H,2,5-6,8-9,11H2,1H3. The van der Waals surface area contributed by atoms with E-state index in [1.54, 1.807) is 28.4 Å². The van der Waals surface area contributed by atoms with Gasteiger partial charge in [0.25, 0.3) is 0 Å². The summed E-state index contributed by atoms with van der Waals surface area (Å²) in [5.74, 6) is 0.168. The highest BCUT2D eigenvalue weighted by atomic mass is 35.5. The van der Waals surface area contributed by atoms with Gasteiger partial charge >= 0.3 is 6.18 Å². The summed E-state index contributed by atoms with van der Waals surface area (Å²) < 4.78 is 36.4. The van der Waals surface area contributed by atoms with Gasteiger partial charge in [0.2, 0.25) is 5.91 Å². The Labute approximate surface area is 159 Å². The van der Waals surface area contributed by atoms with Crippen LogP contribution in [-0.4, -0.2) is 57.8 Å². The smallest absolute Gasteiger partial charge is 0.331 e. The fraction of sp³-hybridized carbons (Fsp3) is 0.562. The number of anilines is 1. The van der Waals surface area contributed by atoms with Gasteiger partial charge in [-0.15, -0.1) is 0 Å². The summed E-state index contributed by atoms with van der Waals surface area (Å²) in [6.45, 7) is 2.71. The van der Waals surface area contributed by atoms with Gasteiger partial charge in [0.15, 0.2) is 5.17 Å². The quantitative estimate of drug-likeness (QED) is 0.615. The van der Waals surface area contributed by atoms with Gasteiger partial charge in [-0.3, -0.25) is 14.8 Å². The molecule has 0 radical (unpaired) electrons. The molecule has 0 saturated carbocycles. The molecule has 0 bridgehead atoms. The number of hydrogen-bond acceptors (Lipinski definition) is 5. The van der Waals surface area contributed by atoms with Crippen LogP contribution in [0.5, 0.6) is 0 Å². The molecule has 0 fully saturated rings. The third kappa shape index (κ3) is 6.05. The van der Waals surface area contributed by atoms with Crippen LogP contribution in [0.2, 0.25) is 0 Å². The lowest BCUT2D eigenvalue weighted by atomic mass is 10.2. The number of aromatic nitrogens is 1. The van der Waals surface area contributed by atoms with Crippen molar-refractivity contribution in [1.82, 2.24) is 9.88 Å². The molecule has 144 valence electrons. The summed E-state index contributed by atoms with van der Waals surface area (Å²) >= 11 is 7.37. The Morgan fingerprint density at radius 2 is 2.23 bits per heavy atom. The van der Waals surface area contributed by atoms with E-state index in [9.17, 15) is 18.0 Å². The van der Waals surface area contributed by atoms with Crippen molar-refractivity contribution < 1.29 is 18.0 Å². The lowest BCUT2D eigenvalue weighted by molar-refractivity contribution is -0.131. The summed E-state index contributed by atoms with van der Waals surface area (Å²) in [6.07, 6.45) is -1.52. The summed E-state index contributed by atoms with van der Waals surface area (Å²) in [4.78, 5) is 18.1. The first-order chi connectivity index (χ1) is 12.3. The lowest BCUT2D eigenvalue weighted by Crippen LogP contribution is -2.45. The maximum atomic E-state index is 12.5. The minimum absolute atomic E-state index is 0.0384. The molecule has 1 aliphatic rings. The molecule has 2 rings (SSSR count). The fourth-order valence-electron chi connectivity index (χ4n) is 2.52. The lowest BCUT2D eigenvalue weighted by Gasteiger charge is -2.27. The highest BCUT2D eigenvalue weighted by Crippen LogP contribution is 2.24. The minimum Gasteiger partial charge on any atom is -0.331 e. The zero-order valence-corrected chi connectivity index (χ0v) is 15.8. The number of nitrogens with zero attached hydrogens (tertiary/aromatic N) is 4. The normalized spacial score (nSPS) is 17.3. The van der Waals surface area contributed by atoms with E-state index in [2.05, 4.69) is 10.1 Å². The molecule has 5 nitrogen and oxygen atoms in total. The number of hydrogen-bond donors (Lipinski definition) is 0. The van der Waals surface area contributed by atoms with Gasteiger partial charge in [-0.2, -0.15) is 30.0 Å². The number of carbonyl (C=O) groups is 1. The van der Waals surface area contributed by atoms with Crippen molar-refractivity contribution >= 4 is 40.1 Å². The number of halogens is 4. The molecule has 2 heterocycles. The number of rotatable bonds is 8. The third-order valence-corrected chi connectivity index (χ3v) is 5.12. The molecule has 26 heavy (non-hydrogen) atoms. The van der Waals surface area contributed by atoms with Crippen molar-refractivity contribution in [2.75, 3.05) is 29.6 Å². The largest absolute Gasteiger partial charge is 0.389 e. The first-order valence-electron chi connectivity index (χ1n) is 8.17. The van der Waals surface area contributed by atoms with E-state index in [0.29, 0.717) is 24.0 Å². The van der Waals surface area contributed by atoms with Gasteiger partial charge in [-0.25, -0.2) is 0 Å². The molecule has 1 aliphatic heterocycles. The molecule has 1 atom stereocenters. The second-order valence-corrected chi connectivity index (χ2v) is 7.25. The Hall–Kier alpha value is -1.48. The molecular formula is C16H20ClF3N4OS. The predicted molar refractivity (Wildman–Crippen MR) is 98.7 cm³/mol. The minimum atomic E-state index is -4.16. The number of hydrazone groups is 1. The van der Waals surface area contributed by atoms with Crippen molar-refractivity contribution in [3.63, 3.8) is 0 Å². The second kappa shape index (κ2) is 9.45. The summed E-state index contributed by atoms with van der Waals surface area (Å²) in [6, 6.07) is 3.26. The molecule has 0 N–H and O–H groups in total. The number of thioether (sulfide) groups is 1. The van der Waals surface area contributed by atoms with Crippen LogP contribution in [0.25, 0.3) is 0 Å². The number of amides is 1. The molecule has 1 unspecified atom stereocenters. The highest BCUT2D eigenvalue weighted by molar-refractivity contribution is 7.99. The molecule has 0 saturated heterocycles. The van der Waals surface area contributed by atoms with Gasteiger partial charge in [-0.1, -0.05) is 11.6 Å². The van der Waals surface area contributed by atoms with E-state index in [0.717, 1.165) is 17.4 Å². The van der Waals surface area contributed by atoms with Gasteiger partial charge in [0, 0.05) is 30.7 Å².